The van der Waals surface area contributed by atoms with Crippen molar-refractivity contribution < 1.29 is 4.79 Å². The fraction of sp³-hybridized carbons (Fsp3) is 0.933. The summed E-state index contributed by atoms with van der Waals surface area (Å²) in [5, 5.41) is 3.32. The van der Waals surface area contributed by atoms with Crippen LogP contribution in [0.1, 0.15) is 52.9 Å². The smallest absolute Gasteiger partial charge is 0.220 e. The molecular formula is C15H27NOS. The van der Waals surface area contributed by atoms with Crippen LogP contribution in [0.5, 0.6) is 0 Å². The van der Waals surface area contributed by atoms with Crippen molar-refractivity contribution in [3.05, 3.63) is 0 Å². The van der Waals surface area contributed by atoms with E-state index in [9.17, 15) is 4.79 Å². The molecule has 104 valence electrons. The van der Waals surface area contributed by atoms with E-state index in [1.54, 1.807) is 0 Å². The van der Waals surface area contributed by atoms with Crippen LogP contribution in [-0.2, 0) is 4.79 Å². The van der Waals surface area contributed by atoms with Gasteiger partial charge in [0.1, 0.15) is 0 Å². The Bertz CT molecular complexity index is 328. The summed E-state index contributed by atoms with van der Waals surface area (Å²) in [5.41, 5.74) is 0.705. The normalized spacial score (nSPS) is 36.9. The van der Waals surface area contributed by atoms with Gasteiger partial charge in [0.05, 0.1) is 0 Å². The third kappa shape index (κ3) is 2.19. The fourth-order valence-corrected chi connectivity index (χ4v) is 4.50. The molecule has 0 aliphatic heterocycles. The van der Waals surface area contributed by atoms with E-state index in [0.29, 0.717) is 23.3 Å². The van der Waals surface area contributed by atoms with Crippen LogP contribution >= 0.6 is 11.8 Å². The second-order valence-corrected chi connectivity index (χ2v) is 7.81. The lowest BCUT2D eigenvalue weighted by molar-refractivity contribution is -0.122. The molecule has 0 unspecified atom stereocenters. The third-order valence-corrected chi connectivity index (χ3v) is 6.58. The van der Waals surface area contributed by atoms with Gasteiger partial charge in [-0.05, 0) is 54.4 Å². The Hall–Kier alpha value is -0.180. The highest BCUT2D eigenvalue weighted by Gasteiger charge is 2.61. The average molecular weight is 269 g/mol. The average Bonchev–Trinajstić information content (AvgIpc) is 2.62. The summed E-state index contributed by atoms with van der Waals surface area (Å²) in [5.74, 6) is 2.15. The van der Waals surface area contributed by atoms with Gasteiger partial charge in [0.2, 0.25) is 5.91 Å². The van der Waals surface area contributed by atoms with Crippen molar-refractivity contribution in [3.8, 4) is 0 Å². The van der Waals surface area contributed by atoms with Crippen LogP contribution < -0.4 is 5.32 Å². The van der Waals surface area contributed by atoms with E-state index >= 15 is 0 Å². The summed E-state index contributed by atoms with van der Waals surface area (Å²) in [7, 11) is 0. The molecule has 2 aliphatic rings. The topological polar surface area (TPSA) is 29.1 Å². The van der Waals surface area contributed by atoms with Gasteiger partial charge >= 0.3 is 0 Å². The van der Waals surface area contributed by atoms with Crippen molar-refractivity contribution in [2.45, 2.75) is 58.9 Å². The monoisotopic (exact) mass is 269 g/mol. The van der Waals surface area contributed by atoms with Crippen LogP contribution in [0.15, 0.2) is 0 Å². The molecule has 0 aromatic heterocycles. The van der Waals surface area contributed by atoms with Gasteiger partial charge in [-0.15, -0.1) is 0 Å². The largest absolute Gasteiger partial charge is 0.353 e. The minimum atomic E-state index is 0.263. The summed E-state index contributed by atoms with van der Waals surface area (Å²) in [6.45, 7) is 7.17. The molecule has 2 bridgehead atoms. The van der Waals surface area contributed by atoms with Gasteiger partial charge in [-0.1, -0.05) is 20.8 Å². The van der Waals surface area contributed by atoms with Gasteiger partial charge in [-0.25, -0.2) is 0 Å². The van der Waals surface area contributed by atoms with Crippen molar-refractivity contribution in [2.24, 2.45) is 16.7 Å². The van der Waals surface area contributed by atoms with E-state index in [4.69, 9.17) is 0 Å². The number of hydrogen-bond donors (Lipinski definition) is 1. The number of nitrogens with one attached hydrogen (secondary N) is 1. The maximum atomic E-state index is 12.0. The Kier molecular flexibility index (Phi) is 4.01. The first-order valence-corrected chi connectivity index (χ1v) is 8.59. The predicted molar refractivity (Wildman–Crippen MR) is 78.8 cm³/mol. The number of amides is 1. The fourth-order valence-electron chi connectivity index (χ4n) is 4.07. The standard InChI is InChI=1S/C15H27NOS/c1-14(2)11-7-8-15(14,3)12(10-11)16-13(17)6-5-9-18-4/h11-12H,5-10H2,1-4H3,(H,16,17)/t11-,12+,15-/m1/s1. The molecule has 0 aromatic rings. The van der Waals surface area contributed by atoms with Crippen molar-refractivity contribution in [3.63, 3.8) is 0 Å². The lowest BCUT2D eigenvalue weighted by Crippen LogP contribution is -2.46. The Morgan fingerprint density at radius 1 is 1.39 bits per heavy atom. The molecule has 0 spiro atoms. The van der Waals surface area contributed by atoms with E-state index < -0.39 is 0 Å². The van der Waals surface area contributed by atoms with E-state index in [2.05, 4.69) is 32.3 Å². The van der Waals surface area contributed by atoms with Crippen LogP contribution in [0.25, 0.3) is 0 Å². The molecule has 2 aliphatic carbocycles. The molecule has 0 heterocycles. The number of carbonyl (C=O) groups is 1. The van der Waals surface area contributed by atoms with Crippen LogP contribution in [0.3, 0.4) is 0 Å². The van der Waals surface area contributed by atoms with Crippen LogP contribution in [0.4, 0.5) is 0 Å². The molecule has 2 nitrogen and oxygen atoms in total. The summed E-state index contributed by atoms with van der Waals surface area (Å²) < 4.78 is 0. The zero-order chi connectivity index (χ0) is 13.4. The van der Waals surface area contributed by atoms with Crippen LogP contribution in [0.2, 0.25) is 0 Å². The molecule has 0 radical (unpaired) electrons. The first-order chi connectivity index (χ1) is 8.41. The molecule has 2 fully saturated rings. The first kappa shape index (κ1) is 14.2. The maximum absolute atomic E-state index is 12.0. The predicted octanol–water partition coefficient (Wildman–Crippen LogP) is 3.46. The van der Waals surface area contributed by atoms with Gasteiger partial charge in [-0.2, -0.15) is 11.8 Å². The highest BCUT2D eigenvalue weighted by Crippen LogP contribution is 2.65. The summed E-state index contributed by atoms with van der Waals surface area (Å²) >= 11 is 1.82. The lowest BCUT2D eigenvalue weighted by Gasteiger charge is -2.39. The van der Waals surface area contributed by atoms with Gasteiger partial charge in [0, 0.05) is 12.5 Å². The summed E-state index contributed by atoms with van der Waals surface area (Å²) in [6.07, 6.45) is 7.61. The summed E-state index contributed by atoms with van der Waals surface area (Å²) in [4.78, 5) is 12.0. The molecule has 0 aromatic carbocycles. The van der Waals surface area contributed by atoms with Crippen molar-refractivity contribution >= 4 is 17.7 Å². The molecule has 18 heavy (non-hydrogen) atoms. The van der Waals surface area contributed by atoms with Gasteiger partial charge < -0.3 is 5.32 Å². The number of fused-ring (bicyclic) bond motifs is 2. The van der Waals surface area contributed by atoms with Crippen LogP contribution in [0, 0.1) is 16.7 Å². The minimum absolute atomic E-state index is 0.263. The SMILES string of the molecule is CSCCCC(=O)N[C@H]1C[C@H]2CC[C@@]1(C)C2(C)C. The second kappa shape index (κ2) is 5.07. The Balaban J connectivity index is 1.90. The Morgan fingerprint density at radius 3 is 2.61 bits per heavy atom. The van der Waals surface area contributed by atoms with E-state index in [0.717, 1.165) is 18.1 Å². The van der Waals surface area contributed by atoms with E-state index in [1.807, 2.05) is 11.8 Å². The molecule has 1 amide bonds. The van der Waals surface area contributed by atoms with Gasteiger partial charge in [-0.3, -0.25) is 4.79 Å². The van der Waals surface area contributed by atoms with Crippen LogP contribution in [-0.4, -0.2) is 24.0 Å². The number of carbonyl (C=O) groups excluding carboxylic acids is 1. The Morgan fingerprint density at radius 2 is 2.11 bits per heavy atom. The Labute approximate surface area is 116 Å². The van der Waals surface area contributed by atoms with E-state index in [1.165, 1.54) is 19.3 Å². The molecule has 3 atom stereocenters. The van der Waals surface area contributed by atoms with Gasteiger partial charge in [0.15, 0.2) is 0 Å². The highest BCUT2D eigenvalue weighted by atomic mass is 32.2. The zero-order valence-corrected chi connectivity index (χ0v) is 13.0. The van der Waals surface area contributed by atoms with Gasteiger partial charge in [0.25, 0.3) is 0 Å². The number of rotatable bonds is 5. The minimum Gasteiger partial charge on any atom is -0.353 e. The van der Waals surface area contributed by atoms with Crippen molar-refractivity contribution in [2.75, 3.05) is 12.0 Å². The molecule has 0 saturated heterocycles. The summed E-state index contributed by atoms with van der Waals surface area (Å²) in [6, 6.07) is 0.410. The zero-order valence-electron chi connectivity index (χ0n) is 12.2. The lowest BCUT2D eigenvalue weighted by atomic mass is 9.69. The molecule has 1 N–H and O–H groups in total. The molecule has 3 heteroatoms. The molecule has 2 rings (SSSR count). The number of hydrogen-bond acceptors (Lipinski definition) is 2. The second-order valence-electron chi connectivity index (χ2n) is 6.83. The first-order valence-electron chi connectivity index (χ1n) is 7.20. The van der Waals surface area contributed by atoms with E-state index in [-0.39, 0.29) is 5.91 Å². The third-order valence-electron chi connectivity index (χ3n) is 5.88. The molecular weight excluding hydrogens is 242 g/mol. The van der Waals surface area contributed by atoms with Crippen molar-refractivity contribution in [1.29, 1.82) is 0 Å². The molecule has 2 saturated carbocycles. The maximum Gasteiger partial charge on any atom is 0.220 e. The highest BCUT2D eigenvalue weighted by molar-refractivity contribution is 7.98. The quantitative estimate of drug-likeness (QED) is 0.774. The van der Waals surface area contributed by atoms with Crippen molar-refractivity contribution in [1.82, 2.24) is 5.32 Å². The number of thioether (sulfide) groups is 1.